The summed E-state index contributed by atoms with van der Waals surface area (Å²) < 4.78 is 13.4. The van der Waals surface area contributed by atoms with Gasteiger partial charge in [-0.3, -0.25) is 10.4 Å². The summed E-state index contributed by atoms with van der Waals surface area (Å²) in [6.07, 6.45) is 4.05. The highest BCUT2D eigenvalue weighted by Crippen LogP contribution is 2.21. The molecule has 0 unspecified atom stereocenters. The van der Waals surface area contributed by atoms with Crippen LogP contribution in [0, 0.1) is 5.41 Å². The van der Waals surface area contributed by atoms with Gasteiger partial charge in [-0.15, -0.1) is 0 Å². The van der Waals surface area contributed by atoms with Crippen LogP contribution in [0.25, 0.3) is 0 Å². The summed E-state index contributed by atoms with van der Waals surface area (Å²) >= 11 is 5.76. The van der Waals surface area contributed by atoms with Crippen molar-refractivity contribution in [3.05, 3.63) is 22.5 Å². The molecule has 1 aliphatic rings. The zero-order valence-corrected chi connectivity index (χ0v) is 8.74. The normalized spacial score (nSPS) is 18.4. The third-order valence-corrected chi connectivity index (χ3v) is 2.41. The molecule has 1 aliphatic heterocycles. The Labute approximate surface area is 87.7 Å². The van der Waals surface area contributed by atoms with Crippen molar-refractivity contribution in [1.29, 1.82) is 5.41 Å². The lowest BCUT2D eigenvalue weighted by Gasteiger charge is -2.06. The summed E-state index contributed by atoms with van der Waals surface area (Å²) in [6, 6.07) is 0. The highest BCUT2D eigenvalue weighted by atomic mass is 35.5. The van der Waals surface area contributed by atoms with Crippen LogP contribution in [0.4, 0.5) is 4.39 Å². The third-order valence-electron chi connectivity index (χ3n) is 2.00. The summed E-state index contributed by atoms with van der Waals surface area (Å²) in [7, 11) is 0. The SMILES string of the molecule is C/C=C(\Cl)C(=N)C1=C(F)C=NCCC1. The first-order valence-corrected chi connectivity index (χ1v) is 4.84. The molecular formula is C10H12ClFN2. The van der Waals surface area contributed by atoms with E-state index in [1.807, 2.05) is 0 Å². The number of aliphatic imine (C=N–C) groups is 1. The van der Waals surface area contributed by atoms with Gasteiger partial charge in [-0.25, -0.2) is 4.39 Å². The molecule has 76 valence electrons. The molecule has 0 spiro atoms. The van der Waals surface area contributed by atoms with E-state index in [1.54, 1.807) is 13.0 Å². The van der Waals surface area contributed by atoms with E-state index in [2.05, 4.69) is 4.99 Å². The molecule has 14 heavy (non-hydrogen) atoms. The van der Waals surface area contributed by atoms with Crippen molar-refractivity contribution < 1.29 is 4.39 Å². The molecule has 1 heterocycles. The molecule has 0 fully saturated rings. The maximum atomic E-state index is 13.4. The van der Waals surface area contributed by atoms with E-state index >= 15 is 0 Å². The monoisotopic (exact) mass is 214 g/mol. The van der Waals surface area contributed by atoms with Crippen molar-refractivity contribution in [2.24, 2.45) is 4.99 Å². The van der Waals surface area contributed by atoms with E-state index in [0.29, 0.717) is 18.5 Å². The molecule has 0 amide bonds. The molecule has 0 bridgehead atoms. The Hall–Kier alpha value is -0.960. The highest BCUT2D eigenvalue weighted by molar-refractivity contribution is 6.45. The Morgan fingerprint density at radius 2 is 2.43 bits per heavy atom. The number of halogens is 2. The molecule has 0 aromatic rings. The van der Waals surface area contributed by atoms with E-state index in [-0.39, 0.29) is 10.7 Å². The fourth-order valence-electron chi connectivity index (χ4n) is 1.22. The lowest BCUT2D eigenvalue weighted by molar-refractivity contribution is 0.674. The summed E-state index contributed by atoms with van der Waals surface area (Å²) in [6.45, 7) is 2.33. The van der Waals surface area contributed by atoms with E-state index in [4.69, 9.17) is 17.0 Å². The second-order valence-electron chi connectivity index (χ2n) is 2.98. The predicted molar refractivity (Wildman–Crippen MR) is 58.1 cm³/mol. The lowest BCUT2D eigenvalue weighted by atomic mass is 10.0. The molecule has 1 N–H and O–H groups in total. The molecule has 0 atom stereocenters. The molecule has 0 radical (unpaired) electrons. The topological polar surface area (TPSA) is 36.2 Å². The average Bonchev–Trinajstić information content (AvgIpc) is 2.40. The molecule has 1 rings (SSSR count). The molecule has 0 aromatic heterocycles. The molecule has 4 heteroatoms. The van der Waals surface area contributed by atoms with Gasteiger partial charge < -0.3 is 0 Å². The van der Waals surface area contributed by atoms with Crippen LogP contribution in [0.5, 0.6) is 0 Å². The van der Waals surface area contributed by atoms with Crippen LogP contribution in [0.1, 0.15) is 19.8 Å². The summed E-state index contributed by atoms with van der Waals surface area (Å²) in [4.78, 5) is 3.85. The van der Waals surface area contributed by atoms with Gasteiger partial charge in [0.25, 0.3) is 0 Å². The van der Waals surface area contributed by atoms with Gasteiger partial charge in [0, 0.05) is 12.1 Å². The Kier molecular flexibility index (Phi) is 4.01. The minimum Gasteiger partial charge on any atom is -0.299 e. The van der Waals surface area contributed by atoms with Crippen molar-refractivity contribution in [3.8, 4) is 0 Å². The predicted octanol–water partition coefficient (Wildman–Crippen LogP) is 3.24. The highest BCUT2D eigenvalue weighted by Gasteiger charge is 2.14. The second-order valence-corrected chi connectivity index (χ2v) is 3.38. The number of allylic oxidation sites excluding steroid dienone is 4. The smallest absolute Gasteiger partial charge is 0.146 e. The van der Waals surface area contributed by atoms with Crippen LogP contribution in [-0.2, 0) is 0 Å². The fraction of sp³-hybridized carbons (Fsp3) is 0.400. The first-order valence-electron chi connectivity index (χ1n) is 4.46. The summed E-state index contributed by atoms with van der Waals surface area (Å²) in [5.41, 5.74) is 0.425. The van der Waals surface area contributed by atoms with Crippen LogP contribution in [0.3, 0.4) is 0 Å². The Morgan fingerprint density at radius 3 is 3.07 bits per heavy atom. The van der Waals surface area contributed by atoms with Crippen LogP contribution in [-0.4, -0.2) is 18.5 Å². The van der Waals surface area contributed by atoms with Gasteiger partial charge in [-0.1, -0.05) is 17.7 Å². The maximum absolute atomic E-state index is 13.4. The van der Waals surface area contributed by atoms with Crippen LogP contribution >= 0.6 is 11.6 Å². The number of nitrogens with zero attached hydrogens (tertiary/aromatic N) is 1. The van der Waals surface area contributed by atoms with Gasteiger partial charge in [0.2, 0.25) is 0 Å². The fourth-order valence-corrected chi connectivity index (χ4v) is 1.34. The van der Waals surface area contributed by atoms with E-state index < -0.39 is 5.83 Å². The first-order chi connectivity index (χ1) is 6.66. The van der Waals surface area contributed by atoms with Gasteiger partial charge in [0.1, 0.15) is 5.83 Å². The van der Waals surface area contributed by atoms with Crippen LogP contribution in [0.2, 0.25) is 0 Å². The molecule has 0 aromatic carbocycles. The maximum Gasteiger partial charge on any atom is 0.146 e. The van der Waals surface area contributed by atoms with Gasteiger partial charge >= 0.3 is 0 Å². The summed E-state index contributed by atoms with van der Waals surface area (Å²) in [5.74, 6) is -0.437. The first kappa shape index (κ1) is 11.1. The largest absolute Gasteiger partial charge is 0.299 e. The molecule has 0 saturated heterocycles. The van der Waals surface area contributed by atoms with Crippen molar-refractivity contribution in [2.75, 3.05) is 6.54 Å². The number of hydrogen-bond donors (Lipinski definition) is 1. The summed E-state index contributed by atoms with van der Waals surface area (Å²) in [5, 5.41) is 7.94. The second kappa shape index (κ2) is 5.05. The van der Waals surface area contributed by atoms with Crippen LogP contribution < -0.4 is 0 Å². The minimum absolute atomic E-state index is 0.0695. The van der Waals surface area contributed by atoms with Gasteiger partial charge in [-0.05, 0) is 19.8 Å². The standard InChI is InChI=1S/C10H12ClFN2/c1-2-8(11)10(13)7-4-3-5-14-6-9(7)12/h2,6,13H,3-5H2,1H3/b8-2-,13-10?. The molecule has 2 nitrogen and oxygen atoms in total. The van der Waals surface area contributed by atoms with Crippen molar-refractivity contribution in [3.63, 3.8) is 0 Å². The molecular weight excluding hydrogens is 203 g/mol. The van der Waals surface area contributed by atoms with Gasteiger partial charge in [-0.2, -0.15) is 0 Å². The van der Waals surface area contributed by atoms with Gasteiger partial charge in [0.05, 0.1) is 17.0 Å². The Balaban J connectivity index is 2.96. The zero-order valence-electron chi connectivity index (χ0n) is 7.98. The minimum atomic E-state index is -0.437. The van der Waals surface area contributed by atoms with Crippen molar-refractivity contribution in [1.82, 2.24) is 0 Å². The zero-order chi connectivity index (χ0) is 10.6. The quantitative estimate of drug-likeness (QED) is 0.686. The Bertz CT molecular complexity index is 329. The Morgan fingerprint density at radius 1 is 1.71 bits per heavy atom. The average molecular weight is 215 g/mol. The van der Waals surface area contributed by atoms with E-state index in [0.717, 1.165) is 6.42 Å². The third kappa shape index (κ3) is 2.51. The van der Waals surface area contributed by atoms with E-state index in [1.165, 1.54) is 6.21 Å². The lowest BCUT2D eigenvalue weighted by Crippen LogP contribution is -2.04. The molecule has 0 aliphatic carbocycles. The number of hydrogen-bond acceptors (Lipinski definition) is 2. The number of nitrogens with one attached hydrogen (secondary N) is 1. The van der Waals surface area contributed by atoms with Crippen molar-refractivity contribution in [2.45, 2.75) is 19.8 Å². The molecule has 0 saturated carbocycles. The number of rotatable bonds is 2. The van der Waals surface area contributed by atoms with E-state index in [9.17, 15) is 4.39 Å². The van der Waals surface area contributed by atoms with Gasteiger partial charge in [0.15, 0.2) is 0 Å². The van der Waals surface area contributed by atoms with Crippen molar-refractivity contribution >= 4 is 23.5 Å². The van der Waals surface area contributed by atoms with Crippen LogP contribution in [0.15, 0.2) is 27.5 Å².